The summed E-state index contributed by atoms with van der Waals surface area (Å²) in [7, 11) is 0. The van der Waals surface area contributed by atoms with E-state index >= 15 is 0 Å². The second-order valence-electron chi connectivity index (χ2n) is 7.97. The molecule has 6 heteroatoms. The number of benzene rings is 1. The van der Waals surface area contributed by atoms with Crippen molar-refractivity contribution >= 4 is 28.3 Å². The fourth-order valence-electron chi connectivity index (χ4n) is 4.76. The first-order valence-corrected chi connectivity index (χ1v) is 10.5. The lowest BCUT2D eigenvalue weighted by Crippen LogP contribution is -2.60. The van der Waals surface area contributed by atoms with Gasteiger partial charge in [-0.2, -0.15) is 0 Å². The highest BCUT2D eigenvalue weighted by Crippen LogP contribution is 2.50. The van der Waals surface area contributed by atoms with Gasteiger partial charge < -0.3 is 10.2 Å². The Labute approximate surface area is 163 Å². The number of thiazole rings is 1. The number of fused-ring (bicyclic) bond motifs is 1. The van der Waals surface area contributed by atoms with Crippen LogP contribution in [0.5, 0.6) is 0 Å². The third kappa shape index (κ3) is 3.06. The van der Waals surface area contributed by atoms with E-state index < -0.39 is 5.54 Å². The lowest BCUT2D eigenvalue weighted by molar-refractivity contribution is -0.121. The molecule has 0 bridgehead atoms. The number of hydrogen-bond donors (Lipinski definition) is 1. The molecule has 0 saturated heterocycles. The second-order valence-corrected chi connectivity index (χ2v) is 8.86. The molecule has 0 unspecified atom stereocenters. The molecule has 2 aliphatic rings. The van der Waals surface area contributed by atoms with Gasteiger partial charge in [0.25, 0.3) is 5.91 Å². The molecule has 5 nitrogen and oxygen atoms in total. The topological polar surface area (TPSA) is 62.3 Å². The Hall–Kier alpha value is -2.21. The Morgan fingerprint density at radius 2 is 2.07 bits per heavy atom. The van der Waals surface area contributed by atoms with Gasteiger partial charge in [0, 0.05) is 23.7 Å². The molecule has 1 spiro atoms. The fraction of sp³-hybridized carbons (Fsp3) is 0.476. The molecule has 2 aromatic rings. The van der Waals surface area contributed by atoms with Crippen LogP contribution in [0.4, 0.5) is 5.13 Å². The minimum absolute atomic E-state index is 0.0550. The average Bonchev–Trinajstić information content (AvgIpc) is 3.32. The van der Waals surface area contributed by atoms with Gasteiger partial charge in [-0.15, -0.1) is 11.3 Å². The minimum Gasteiger partial charge on any atom is -0.332 e. The fourth-order valence-corrected chi connectivity index (χ4v) is 5.29. The lowest BCUT2D eigenvalue weighted by Gasteiger charge is -2.50. The number of nitrogens with zero attached hydrogens (tertiary/aromatic N) is 2. The first-order chi connectivity index (χ1) is 13.0. The Bertz CT molecular complexity index is 841. The Kier molecular flexibility index (Phi) is 4.76. The summed E-state index contributed by atoms with van der Waals surface area (Å²) in [5.74, 6) is -0.00374. The van der Waals surface area contributed by atoms with E-state index in [0.717, 1.165) is 31.2 Å². The zero-order valence-electron chi connectivity index (χ0n) is 15.8. The SMILES string of the molecule is CC(C)CN1C(=O)c2ccccc2[C@H](C(=O)Nc2nccs2)C12CCCC2. The van der Waals surface area contributed by atoms with Crippen LogP contribution in [0.3, 0.4) is 0 Å². The van der Waals surface area contributed by atoms with Crippen molar-refractivity contribution in [2.75, 3.05) is 11.9 Å². The van der Waals surface area contributed by atoms with Crippen molar-refractivity contribution in [1.29, 1.82) is 0 Å². The van der Waals surface area contributed by atoms with Gasteiger partial charge in [0.05, 0.1) is 11.5 Å². The zero-order valence-corrected chi connectivity index (χ0v) is 16.6. The summed E-state index contributed by atoms with van der Waals surface area (Å²) >= 11 is 1.42. The first-order valence-electron chi connectivity index (χ1n) is 9.64. The first kappa shape index (κ1) is 18.2. The monoisotopic (exact) mass is 383 g/mol. The average molecular weight is 384 g/mol. The number of rotatable bonds is 4. The number of carbonyl (C=O) groups is 2. The molecule has 4 rings (SSSR count). The molecular formula is C21H25N3O2S. The molecule has 1 saturated carbocycles. The van der Waals surface area contributed by atoms with Crippen molar-refractivity contribution in [2.45, 2.75) is 51.0 Å². The van der Waals surface area contributed by atoms with Gasteiger partial charge in [-0.3, -0.25) is 9.59 Å². The minimum atomic E-state index is -0.433. The molecule has 1 aliphatic heterocycles. The van der Waals surface area contributed by atoms with Crippen LogP contribution in [0, 0.1) is 5.92 Å². The van der Waals surface area contributed by atoms with Crippen molar-refractivity contribution in [3.8, 4) is 0 Å². The molecule has 1 aliphatic carbocycles. The molecule has 1 aromatic heterocycles. The van der Waals surface area contributed by atoms with Gasteiger partial charge >= 0.3 is 0 Å². The van der Waals surface area contributed by atoms with Crippen LogP contribution < -0.4 is 5.32 Å². The molecule has 142 valence electrons. The number of carbonyl (C=O) groups excluding carboxylic acids is 2. The number of nitrogens with one attached hydrogen (secondary N) is 1. The third-order valence-corrected chi connectivity index (χ3v) is 6.45. The predicted octanol–water partition coefficient (Wildman–Crippen LogP) is 4.29. The normalized spacial score (nSPS) is 20.9. The van der Waals surface area contributed by atoms with Crippen molar-refractivity contribution in [3.05, 3.63) is 47.0 Å². The highest BCUT2D eigenvalue weighted by Gasteiger charge is 2.55. The van der Waals surface area contributed by atoms with Crippen LogP contribution in [0.15, 0.2) is 35.8 Å². The molecule has 0 radical (unpaired) electrons. The summed E-state index contributed by atoms with van der Waals surface area (Å²) in [5.41, 5.74) is 1.09. The highest BCUT2D eigenvalue weighted by molar-refractivity contribution is 7.13. The van der Waals surface area contributed by atoms with Crippen molar-refractivity contribution in [2.24, 2.45) is 5.92 Å². The van der Waals surface area contributed by atoms with Crippen LogP contribution >= 0.6 is 11.3 Å². The zero-order chi connectivity index (χ0) is 19.0. The van der Waals surface area contributed by atoms with Gasteiger partial charge in [0.2, 0.25) is 5.91 Å². The standard InChI is InChI=1S/C21H25N3O2S/c1-14(2)13-24-19(26)16-8-4-3-7-15(16)17(21(24)9-5-6-10-21)18(25)23-20-22-11-12-27-20/h3-4,7-8,11-12,14,17H,5-6,9-10,13H2,1-2H3,(H,22,23,25)/t17-/m1/s1. The maximum Gasteiger partial charge on any atom is 0.254 e. The van der Waals surface area contributed by atoms with Gasteiger partial charge in [-0.25, -0.2) is 4.98 Å². The van der Waals surface area contributed by atoms with E-state index in [4.69, 9.17) is 0 Å². The van der Waals surface area contributed by atoms with E-state index in [-0.39, 0.29) is 17.7 Å². The highest BCUT2D eigenvalue weighted by atomic mass is 32.1. The van der Waals surface area contributed by atoms with Gasteiger partial charge in [0.1, 0.15) is 0 Å². The molecular weight excluding hydrogens is 358 g/mol. The molecule has 2 heterocycles. The van der Waals surface area contributed by atoms with Crippen LogP contribution in [0.25, 0.3) is 0 Å². The maximum atomic E-state index is 13.4. The van der Waals surface area contributed by atoms with Crippen LogP contribution in [-0.2, 0) is 4.79 Å². The van der Waals surface area contributed by atoms with Gasteiger partial charge in [-0.05, 0) is 30.4 Å². The molecule has 1 atom stereocenters. The molecule has 1 aromatic carbocycles. The predicted molar refractivity (Wildman–Crippen MR) is 107 cm³/mol. The molecule has 1 fully saturated rings. The molecule has 2 amide bonds. The number of amides is 2. The Morgan fingerprint density at radius 3 is 2.74 bits per heavy atom. The van der Waals surface area contributed by atoms with E-state index in [1.54, 1.807) is 6.20 Å². The van der Waals surface area contributed by atoms with E-state index in [1.807, 2.05) is 34.5 Å². The summed E-state index contributed by atoms with van der Waals surface area (Å²) in [4.78, 5) is 33.1. The van der Waals surface area contributed by atoms with Crippen LogP contribution in [0.2, 0.25) is 0 Å². The van der Waals surface area contributed by atoms with Crippen molar-refractivity contribution in [3.63, 3.8) is 0 Å². The maximum absolute atomic E-state index is 13.4. The van der Waals surface area contributed by atoms with E-state index in [9.17, 15) is 9.59 Å². The van der Waals surface area contributed by atoms with Crippen LogP contribution in [0.1, 0.15) is 61.4 Å². The van der Waals surface area contributed by atoms with Gasteiger partial charge in [-0.1, -0.05) is 44.9 Å². The number of aromatic nitrogens is 1. The van der Waals surface area contributed by atoms with Crippen molar-refractivity contribution in [1.82, 2.24) is 9.88 Å². The van der Waals surface area contributed by atoms with E-state index in [2.05, 4.69) is 24.1 Å². The Morgan fingerprint density at radius 1 is 1.33 bits per heavy atom. The second kappa shape index (κ2) is 7.08. The summed E-state index contributed by atoms with van der Waals surface area (Å²) in [6.07, 6.45) is 5.52. The quantitative estimate of drug-likeness (QED) is 0.857. The Balaban J connectivity index is 1.83. The summed E-state index contributed by atoms with van der Waals surface area (Å²) in [5, 5.41) is 5.46. The third-order valence-electron chi connectivity index (χ3n) is 5.76. The summed E-state index contributed by atoms with van der Waals surface area (Å²) in [6, 6.07) is 7.62. The number of hydrogen-bond acceptors (Lipinski definition) is 4. The molecule has 27 heavy (non-hydrogen) atoms. The van der Waals surface area contributed by atoms with E-state index in [0.29, 0.717) is 23.2 Å². The lowest BCUT2D eigenvalue weighted by atomic mass is 9.70. The van der Waals surface area contributed by atoms with Gasteiger partial charge in [0.15, 0.2) is 5.13 Å². The number of anilines is 1. The summed E-state index contributed by atoms with van der Waals surface area (Å²) in [6.45, 7) is 4.93. The molecule has 1 N–H and O–H groups in total. The van der Waals surface area contributed by atoms with E-state index in [1.165, 1.54) is 11.3 Å². The summed E-state index contributed by atoms with van der Waals surface area (Å²) < 4.78 is 0. The van der Waals surface area contributed by atoms with Crippen molar-refractivity contribution < 1.29 is 9.59 Å². The van der Waals surface area contributed by atoms with Crippen LogP contribution in [-0.4, -0.2) is 33.8 Å². The largest absolute Gasteiger partial charge is 0.332 e. The smallest absolute Gasteiger partial charge is 0.254 e.